The summed E-state index contributed by atoms with van der Waals surface area (Å²) >= 11 is 0. The van der Waals surface area contributed by atoms with Gasteiger partial charge in [0.05, 0.1) is 6.54 Å². The average Bonchev–Trinajstić information content (AvgIpc) is 2.99. The van der Waals surface area contributed by atoms with Gasteiger partial charge in [0, 0.05) is 18.8 Å². The van der Waals surface area contributed by atoms with Gasteiger partial charge in [0.2, 0.25) is 0 Å². The number of benzene rings is 1. The zero-order valence-corrected chi connectivity index (χ0v) is 11.2. The van der Waals surface area contributed by atoms with Gasteiger partial charge in [-0.3, -0.25) is 0 Å². The van der Waals surface area contributed by atoms with Gasteiger partial charge in [-0.05, 0) is 5.56 Å². The van der Waals surface area contributed by atoms with Crippen LogP contribution in [0.15, 0.2) is 42.7 Å². The van der Waals surface area contributed by atoms with Gasteiger partial charge in [0.15, 0.2) is 0 Å². The third-order valence-electron chi connectivity index (χ3n) is 2.86. The van der Waals surface area contributed by atoms with Gasteiger partial charge in [0.25, 0.3) is 0 Å². The van der Waals surface area contributed by atoms with Gasteiger partial charge in [-0.15, -0.1) is 0 Å². The molecule has 1 heterocycles. The summed E-state index contributed by atoms with van der Waals surface area (Å²) in [5, 5.41) is 14.2. The molecular formula is C14H16N4O3. The Morgan fingerprint density at radius 3 is 2.67 bits per heavy atom. The largest absolute Gasteiger partial charge is 0.480 e. The lowest BCUT2D eigenvalue weighted by Crippen LogP contribution is -2.47. The van der Waals surface area contributed by atoms with Gasteiger partial charge in [-0.25, -0.2) is 14.6 Å². The first kappa shape index (κ1) is 14.6. The molecule has 0 bridgehead atoms. The Bertz CT molecular complexity index is 584. The maximum absolute atomic E-state index is 11.7. The third kappa shape index (κ3) is 4.64. The van der Waals surface area contributed by atoms with E-state index < -0.39 is 18.0 Å². The molecule has 2 aromatic rings. The lowest BCUT2D eigenvalue weighted by atomic mass is 10.1. The predicted molar refractivity (Wildman–Crippen MR) is 75.5 cm³/mol. The summed E-state index contributed by atoms with van der Waals surface area (Å²) in [4.78, 5) is 29.7. The van der Waals surface area contributed by atoms with E-state index in [4.69, 9.17) is 0 Å². The van der Waals surface area contributed by atoms with Crippen LogP contribution in [-0.4, -0.2) is 33.1 Å². The number of nitrogens with one attached hydrogen (secondary N) is 3. The van der Waals surface area contributed by atoms with Crippen LogP contribution >= 0.6 is 0 Å². The monoisotopic (exact) mass is 288 g/mol. The molecule has 110 valence electrons. The number of carbonyl (C=O) groups is 2. The molecule has 0 fully saturated rings. The van der Waals surface area contributed by atoms with Crippen molar-refractivity contribution < 1.29 is 14.7 Å². The van der Waals surface area contributed by atoms with Gasteiger partial charge in [0.1, 0.15) is 11.9 Å². The second-order valence-electron chi connectivity index (χ2n) is 4.44. The van der Waals surface area contributed by atoms with Crippen molar-refractivity contribution in [1.82, 2.24) is 20.6 Å². The van der Waals surface area contributed by atoms with Crippen LogP contribution in [0.2, 0.25) is 0 Å². The number of aromatic nitrogens is 2. The summed E-state index contributed by atoms with van der Waals surface area (Å²) in [5.41, 5.74) is 0.844. The molecule has 21 heavy (non-hydrogen) atoms. The second-order valence-corrected chi connectivity index (χ2v) is 4.44. The number of hydrogen-bond donors (Lipinski definition) is 4. The number of amides is 2. The normalized spacial score (nSPS) is 11.6. The summed E-state index contributed by atoms with van der Waals surface area (Å²) in [7, 11) is 0. The van der Waals surface area contributed by atoms with E-state index in [0.717, 1.165) is 5.56 Å². The van der Waals surface area contributed by atoms with Crippen molar-refractivity contribution in [2.75, 3.05) is 0 Å². The summed E-state index contributed by atoms with van der Waals surface area (Å²) in [5.74, 6) is -0.480. The number of nitrogens with zero attached hydrogens (tertiary/aromatic N) is 1. The molecule has 7 heteroatoms. The molecule has 0 aliphatic rings. The van der Waals surface area contributed by atoms with Gasteiger partial charge >= 0.3 is 12.0 Å². The number of carboxylic acids is 1. The maximum Gasteiger partial charge on any atom is 0.326 e. The molecule has 0 aliphatic heterocycles. The Labute approximate surface area is 121 Å². The quantitative estimate of drug-likeness (QED) is 0.633. The summed E-state index contributed by atoms with van der Waals surface area (Å²) in [6.45, 7) is 0.205. The number of aliphatic carboxylic acids is 1. The number of hydrogen-bond acceptors (Lipinski definition) is 3. The van der Waals surface area contributed by atoms with Crippen LogP contribution in [0.5, 0.6) is 0 Å². The third-order valence-corrected chi connectivity index (χ3v) is 2.86. The fraction of sp³-hybridized carbons (Fsp3) is 0.214. The smallest absolute Gasteiger partial charge is 0.326 e. The number of rotatable bonds is 6. The number of carbonyl (C=O) groups excluding carboxylic acids is 1. The Hall–Kier alpha value is -2.83. The fourth-order valence-corrected chi connectivity index (χ4v) is 1.82. The van der Waals surface area contributed by atoms with Crippen molar-refractivity contribution in [3.8, 4) is 0 Å². The Kier molecular flexibility index (Phi) is 4.92. The minimum Gasteiger partial charge on any atom is -0.480 e. The molecule has 2 rings (SSSR count). The van der Waals surface area contributed by atoms with Crippen LogP contribution in [0.3, 0.4) is 0 Å². The van der Waals surface area contributed by atoms with Gasteiger partial charge in [-0.1, -0.05) is 30.3 Å². The van der Waals surface area contributed by atoms with Crippen molar-refractivity contribution in [2.45, 2.75) is 19.0 Å². The lowest BCUT2D eigenvalue weighted by Gasteiger charge is -2.15. The number of carboxylic acid groups (broad SMARTS) is 1. The zero-order valence-electron chi connectivity index (χ0n) is 11.2. The molecule has 0 aliphatic carbocycles. The van der Waals surface area contributed by atoms with Crippen molar-refractivity contribution in [1.29, 1.82) is 0 Å². The zero-order chi connectivity index (χ0) is 15.1. The lowest BCUT2D eigenvalue weighted by molar-refractivity contribution is -0.139. The summed E-state index contributed by atoms with van der Waals surface area (Å²) < 4.78 is 0. The average molecular weight is 288 g/mol. The highest BCUT2D eigenvalue weighted by molar-refractivity contribution is 5.82. The minimum absolute atomic E-state index is 0.205. The highest BCUT2D eigenvalue weighted by Crippen LogP contribution is 2.03. The molecule has 1 aromatic heterocycles. The SMILES string of the molecule is O=C(NCc1ncc[nH]1)N[C@@H](Cc1ccccc1)C(=O)O. The highest BCUT2D eigenvalue weighted by atomic mass is 16.4. The molecule has 0 unspecified atom stereocenters. The fourth-order valence-electron chi connectivity index (χ4n) is 1.82. The van der Waals surface area contributed by atoms with Crippen LogP contribution in [0.25, 0.3) is 0 Å². The van der Waals surface area contributed by atoms with Crippen molar-refractivity contribution >= 4 is 12.0 Å². The molecular weight excluding hydrogens is 272 g/mol. The maximum atomic E-state index is 11.7. The molecule has 2 amide bonds. The number of aromatic amines is 1. The van der Waals surface area contributed by atoms with E-state index in [2.05, 4.69) is 20.6 Å². The molecule has 0 saturated heterocycles. The Morgan fingerprint density at radius 1 is 1.29 bits per heavy atom. The van der Waals surface area contributed by atoms with E-state index in [-0.39, 0.29) is 13.0 Å². The standard InChI is InChI=1S/C14H16N4O3/c19-13(20)11(8-10-4-2-1-3-5-10)18-14(21)17-9-12-15-6-7-16-12/h1-7,11H,8-9H2,(H,15,16)(H,19,20)(H2,17,18,21)/t11-/m0/s1. The predicted octanol–water partition coefficient (Wildman–Crippen LogP) is 0.905. The van der Waals surface area contributed by atoms with Crippen molar-refractivity contribution in [3.63, 3.8) is 0 Å². The van der Waals surface area contributed by atoms with Crippen LogP contribution in [0, 0.1) is 0 Å². The molecule has 0 saturated carbocycles. The first-order valence-corrected chi connectivity index (χ1v) is 6.44. The molecule has 0 radical (unpaired) electrons. The van der Waals surface area contributed by atoms with Crippen LogP contribution in [0.4, 0.5) is 4.79 Å². The van der Waals surface area contributed by atoms with E-state index >= 15 is 0 Å². The van der Waals surface area contributed by atoms with E-state index in [1.807, 2.05) is 30.3 Å². The van der Waals surface area contributed by atoms with Crippen LogP contribution in [0.1, 0.15) is 11.4 Å². The van der Waals surface area contributed by atoms with Crippen LogP contribution in [-0.2, 0) is 17.8 Å². The molecule has 1 aromatic carbocycles. The van der Waals surface area contributed by atoms with E-state index in [1.165, 1.54) is 0 Å². The van der Waals surface area contributed by atoms with Gasteiger partial charge < -0.3 is 20.7 Å². The summed E-state index contributed by atoms with van der Waals surface area (Å²) in [6, 6.07) is 7.61. The minimum atomic E-state index is -1.08. The van der Waals surface area contributed by atoms with Crippen LogP contribution < -0.4 is 10.6 Å². The summed E-state index contributed by atoms with van der Waals surface area (Å²) in [6.07, 6.45) is 3.44. The molecule has 1 atom stereocenters. The number of imidazole rings is 1. The van der Waals surface area contributed by atoms with E-state index in [0.29, 0.717) is 5.82 Å². The highest BCUT2D eigenvalue weighted by Gasteiger charge is 2.20. The van der Waals surface area contributed by atoms with Gasteiger partial charge in [-0.2, -0.15) is 0 Å². The molecule has 7 nitrogen and oxygen atoms in total. The second kappa shape index (κ2) is 7.09. The molecule has 0 spiro atoms. The topological polar surface area (TPSA) is 107 Å². The van der Waals surface area contributed by atoms with E-state index in [1.54, 1.807) is 12.4 Å². The first-order valence-electron chi connectivity index (χ1n) is 6.44. The van der Waals surface area contributed by atoms with E-state index in [9.17, 15) is 14.7 Å². The Morgan fingerprint density at radius 2 is 2.05 bits per heavy atom. The molecule has 4 N–H and O–H groups in total. The number of urea groups is 1. The van der Waals surface area contributed by atoms with Crippen molar-refractivity contribution in [3.05, 3.63) is 54.1 Å². The Balaban J connectivity index is 1.87. The van der Waals surface area contributed by atoms with Crippen molar-refractivity contribution in [2.24, 2.45) is 0 Å². The number of H-pyrrole nitrogens is 1. The first-order chi connectivity index (χ1) is 10.1.